The predicted octanol–water partition coefficient (Wildman–Crippen LogP) is 0.594. The zero-order valence-corrected chi connectivity index (χ0v) is 8.29. The fourth-order valence-corrected chi connectivity index (χ4v) is 1.97. The molecule has 0 aromatic carbocycles. The number of carbonyl (C=O) groups is 1. The molecule has 16 heavy (non-hydrogen) atoms. The molecule has 0 bridgehead atoms. The fourth-order valence-electron chi connectivity index (χ4n) is 1.97. The molecule has 2 aromatic rings. The van der Waals surface area contributed by atoms with Crippen LogP contribution in [-0.4, -0.2) is 30.6 Å². The summed E-state index contributed by atoms with van der Waals surface area (Å²) in [6.07, 6.45) is 5.51. The number of carboxylic acids is 1. The van der Waals surface area contributed by atoms with Gasteiger partial charge in [0.2, 0.25) is 5.82 Å². The lowest BCUT2D eigenvalue weighted by molar-refractivity contribution is 0.0678. The van der Waals surface area contributed by atoms with Gasteiger partial charge in [0.25, 0.3) is 0 Å². The summed E-state index contributed by atoms with van der Waals surface area (Å²) < 4.78 is 1.68. The van der Waals surface area contributed by atoms with Gasteiger partial charge in [-0.2, -0.15) is 0 Å². The number of aryl methyl sites for hydroxylation is 1. The summed E-state index contributed by atoms with van der Waals surface area (Å²) in [6.45, 7) is 0.608. The fraction of sp³-hybridized carbons (Fsp3) is 0.200. The topological polar surface area (TPSA) is 80.9 Å². The molecule has 1 aliphatic rings. The molecule has 0 aliphatic carbocycles. The van der Waals surface area contributed by atoms with E-state index >= 15 is 0 Å². The lowest BCUT2D eigenvalue weighted by atomic mass is 10.1. The Kier molecular flexibility index (Phi) is 1.76. The summed E-state index contributed by atoms with van der Waals surface area (Å²) in [6, 6.07) is 0. The second-order valence-corrected chi connectivity index (χ2v) is 3.57. The van der Waals surface area contributed by atoms with Crippen LogP contribution < -0.4 is 0 Å². The maximum absolute atomic E-state index is 10.9. The van der Waals surface area contributed by atoms with Crippen molar-refractivity contribution in [3.05, 3.63) is 30.1 Å². The number of aromatic nitrogens is 4. The maximum Gasteiger partial charge on any atom is 0.372 e. The smallest absolute Gasteiger partial charge is 0.372 e. The van der Waals surface area contributed by atoms with Gasteiger partial charge < -0.3 is 9.67 Å². The average molecular weight is 216 g/mol. The summed E-state index contributed by atoms with van der Waals surface area (Å²) in [5.41, 5.74) is 2.56. The zero-order valence-electron chi connectivity index (χ0n) is 8.29. The van der Waals surface area contributed by atoms with E-state index in [0.29, 0.717) is 6.54 Å². The molecule has 80 valence electrons. The van der Waals surface area contributed by atoms with Crippen molar-refractivity contribution in [3.8, 4) is 11.4 Å². The number of aromatic carboxylic acids is 1. The Balaban J connectivity index is 2.23. The molecule has 3 rings (SSSR count). The third kappa shape index (κ3) is 1.13. The minimum Gasteiger partial charge on any atom is -0.475 e. The number of rotatable bonds is 1. The van der Waals surface area contributed by atoms with Crippen LogP contribution in [-0.2, 0) is 13.0 Å². The Morgan fingerprint density at radius 2 is 2.25 bits per heavy atom. The second kappa shape index (κ2) is 3.13. The Hall–Kier alpha value is -2.24. The molecule has 0 unspecified atom stereocenters. The van der Waals surface area contributed by atoms with Crippen LogP contribution in [0.2, 0.25) is 0 Å². The van der Waals surface area contributed by atoms with Crippen LogP contribution in [0, 0.1) is 0 Å². The van der Waals surface area contributed by atoms with E-state index in [1.165, 1.54) is 6.33 Å². The van der Waals surface area contributed by atoms with Crippen molar-refractivity contribution in [1.82, 2.24) is 19.5 Å². The average Bonchev–Trinajstić information content (AvgIpc) is 2.73. The Bertz CT molecular complexity index is 576. The molecule has 6 nitrogen and oxygen atoms in total. The van der Waals surface area contributed by atoms with Crippen molar-refractivity contribution in [2.24, 2.45) is 0 Å². The number of hydrogen-bond donors (Lipinski definition) is 1. The molecular weight excluding hydrogens is 208 g/mol. The molecule has 0 radical (unpaired) electrons. The van der Waals surface area contributed by atoms with E-state index in [1.807, 2.05) is 0 Å². The van der Waals surface area contributed by atoms with Crippen LogP contribution in [0.3, 0.4) is 0 Å². The second-order valence-electron chi connectivity index (χ2n) is 3.57. The highest BCUT2D eigenvalue weighted by molar-refractivity contribution is 5.85. The normalized spacial score (nSPS) is 13.0. The molecule has 0 saturated heterocycles. The van der Waals surface area contributed by atoms with Gasteiger partial charge in [0.05, 0.1) is 17.6 Å². The summed E-state index contributed by atoms with van der Waals surface area (Å²) in [7, 11) is 0. The van der Waals surface area contributed by atoms with Crippen LogP contribution in [0.1, 0.15) is 16.2 Å². The largest absolute Gasteiger partial charge is 0.475 e. The lowest BCUT2D eigenvalue weighted by Crippen LogP contribution is -2.17. The first-order valence-electron chi connectivity index (χ1n) is 4.85. The molecule has 6 heteroatoms. The van der Waals surface area contributed by atoms with Gasteiger partial charge in [0, 0.05) is 18.3 Å². The highest BCUT2D eigenvalue weighted by Gasteiger charge is 2.23. The van der Waals surface area contributed by atoms with Crippen LogP contribution in [0.5, 0.6) is 0 Å². The van der Waals surface area contributed by atoms with Crippen LogP contribution >= 0.6 is 0 Å². The van der Waals surface area contributed by atoms with Gasteiger partial charge in [-0.05, 0) is 6.42 Å². The molecule has 0 spiro atoms. The van der Waals surface area contributed by atoms with Crippen LogP contribution in [0.4, 0.5) is 0 Å². The van der Waals surface area contributed by atoms with E-state index in [9.17, 15) is 4.79 Å². The van der Waals surface area contributed by atoms with Gasteiger partial charge in [0.1, 0.15) is 6.33 Å². The van der Waals surface area contributed by atoms with Crippen molar-refractivity contribution in [1.29, 1.82) is 0 Å². The van der Waals surface area contributed by atoms with E-state index in [-0.39, 0.29) is 5.82 Å². The molecule has 0 fully saturated rings. The Morgan fingerprint density at radius 3 is 3.06 bits per heavy atom. The van der Waals surface area contributed by atoms with Crippen LogP contribution in [0.25, 0.3) is 11.4 Å². The van der Waals surface area contributed by atoms with Crippen LogP contribution in [0.15, 0.2) is 18.7 Å². The van der Waals surface area contributed by atoms with Gasteiger partial charge in [-0.3, -0.25) is 0 Å². The number of fused-ring (bicyclic) bond motifs is 3. The van der Waals surface area contributed by atoms with E-state index in [2.05, 4.69) is 15.0 Å². The number of hydrogen-bond acceptors (Lipinski definition) is 4. The van der Waals surface area contributed by atoms with Gasteiger partial charge in [-0.25, -0.2) is 19.7 Å². The highest BCUT2D eigenvalue weighted by atomic mass is 16.4. The summed E-state index contributed by atoms with van der Waals surface area (Å²) in [4.78, 5) is 23.0. The predicted molar refractivity (Wildman–Crippen MR) is 53.9 cm³/mol. The molecular formula is C10H8N4O2. The minimum atomic E-state index is -1.01. The number of carboxylic acid groups (broad SMARTS) is 1. The first kappa shape index (κ1) is 9.02. The van der Waals surface area contributed by atoms with Gasteiger partial charge in [-0.1, -0.05) is 0 Å². The van der Waals surface area contributed by atoms with Crippen molar-refractivity contribution in [2.45, 2.75) is 13.0 Å². The van der Waals surface area contributed by atoms with Gasteiger partial charge in [-0.15, -0.1) is 0 Å². The minimum absolute atomic E-state index is 0.0688. The molecule has 0 saturated carbocycles. The third-order valence-corrected chi connectivity index (χ3v) is 2.68. The Morgan fingerprint density at radius 1 is 1.38 bits per heavy atom. The quantitative estimate of drug-likeness (QED) is 0.754. The standard InChI is InChI=1S/C10H8N4O2/c15-10(16)9-12-4-7-8-6(1-2-14(7)9)3-11-5-13-8/h3-5H,1-2H2,(H,15,16). The van der Waals surface area contributed by atoms with E-state index in [1.54, 1.807) is 17.0 Å². The van der Waals surface area contributed by atoms with Gasteiger partial charge >= 0.3 is 5.97 Å². The summed E-state index contributed by atoms with van der Waals surface area (Å²) in [5.74, 6) is -0.942. The maximum atomic E-state index is 10.9. The molecule has 1 aliphatic heterocycles. The van der Waals surface area contributed by atoms with Crippen molar-refractivity contribution < 1.29 is 9.90 Å². The highest BCUT2D eigenvalue weighted by Crippen LogP contribution is 2.27. The summed E-state index contributed by atoms with van der Waals surface area (Å²) in [5, 5.41) is 8.96. The first-order valence-corrected chi connectivity index (χ1v) is 4.85. The number of imidazole rings is 1. The van der Waals surface area contributed by atoms with Gasteiger partial charge in [0.15, 0.2) is 0 Å². The third-order valence-electron chi connectivity index (χ3n) is 2.68. The first-order chi connectivity index (χ1) is 7.77. The molecule has 1 N–H and O–H groups in total. The van der Waals surface area contributed by atoms with Crippen molar-refractivity contribution >= 4 is 5.97 Å². The molecule has 2 aromatic heterocycles. The summed E-state index contributed by atoms with van der Waals surface area (Å²) >= 11 is 0. The molecule has 0 amide bonds. The van der Waals surface area contributed by atoms with E-state index in [4.69, 9.17) is 5.11 Å². The monoisotopic (exact) mass is 216 g/mol. The zero-order chi connectivity index (χ0) is 11.1. The number of nitrogens with zero attached hydrogens (tertiary/aromatic N) is 4. The molecule has 3 heterocycles. The van der Waals surface area contributed by atoms with E-state index < -0.39 is 5.97 Å². The SMILES string of the molecule is O=C(O)c1ncc2n1CCc1cncnc1-2. The molecule has 0 atom stereocenters. The van der Waals surface area contributed by atoms with Crippen molar-refractivity contribution in [2.75, 3.05) is 0 Å². The Labute approximate surface area is 90.6 Å². The van der Waals surface area contributed by atoms with E-state index in [0.717, 1.165) is 23.4 Å². The van der Waals surface area contributed by atoms with Crippen molar-refractivity contribution in [3.63, 3.8) is 0 Å². The lowest BCUT2D eigenvalue weighted by Gasteiger charge is -2.17.